The zero-order valence-electron chi connectivity index (χ0n) is 19.2. The van der Waals surface area contributed by atoms with E-state index in [4.69, 9.17) is 0 Å². The summed E-state index contributed by atoms with van der Waals surface area (Å²) in [4.78, 5) is 20.5. The quantitative estimate of drug-likeness (QED) is 0.325. The molecule has 2 aromatic heterocycles. The van der Waals surface area contributed by atoms with E-state index in [1.54, 1.807) is 12.3 Å². The molecule has 1 aliphatic carbocycles. The number of hydrogen-bond donors (Lipinski definition) is 2. The molecule has 2 N–H and O–H groups in total. The van der Waals surface area contributed by atoms with Gasteiger partial charge in [-0.05, 0) is 49.9 Å². The van der Waals surface area contributed by atoms with Gasteiger partial charge in [-0.2, -0.15) is 0 Å². The van der Waals surface area contributed by atoms with E-state index in [1.807, 2.05) is 31.2 Å². The van der Waals surface area contributed by atoms with Gasteiger partial charge in [0.25, 0.3) is 0 Å². The van der Waals surface area contributed by atoms with Gasteiger partial charge >= 0.3 is 0 Å². The number of pyridine rings is 1. The number of aryl methyl sites for hydroxylation is 1. The van der Waals surface area contributed by atoms with Crippen molar-refractivity contribution in [3.63, 3.8) is 0 Å². The molecule has 0 bridgehead atoms. The highest BCUT2D eigenvalue weighted by atomic mass is 32.2. The fraction of sp³-hybridized carbons (Fsp3) is 0.231. The molecule has 0 spiro atoms. The fourth-order valence-electron chi connectivity index (χ4n) is 4.48. The third kappa shape index (κ3) is 4.37. The molecule has 0 aliphatic heterocycles. The molecule has 2 aromatic carbocycles. The predicted octanol–water partition coefficient (Wildman–Crippen LogP) is 5.68. The van der Waals surface area contributed by atoms with Gasteiger partial charge in [-0.15, -0.1) is 0 Å². The molecule has 0 radical (unpaired) electrons. The van der Waals surface area contributed by atoms with Gasteiger partial charge in [0.15, 0.2) is 5.82 Å². The summed E-state index contributed by atoms with van der Waals surface area (Å²) in [7, 11) is -4.13. The minimum atomic E-state index is -4.13. The van der Waals surface area contributed by atoms with Gasteiger partial charge in [-0.1, -0.05) is 29.8 Å². The van der Waals surface area contributed by atoms with E-state index in [0.717, 1.165) is 23.3 Å². The van der Waals surface area contributed by atoms with Crippen molar-refractivity contribution in [3.8, 4) is 11.1 Å². The molecule has 1 unspecified atom stereocenters. The average molecular weight is 514 g/mol. The Morgan fingerprint density at radius 3 is 2.53 bits per heavy atom. The zero-order valence-corrected chi connectivity index (χ0v) is 20.0. The number of nitrogens with one attached hydrogen (secondary N) is 2. The van der Waals surface area contributed by atoms with E-state index in [-0.39, 0.29) is 24.8 Å². The van der Waals surface area contributed by atoms with Crippen LogP contribution in [0.1, 0.15) is 40.7 Å². The van der Waals surface area contributed by atoms with Crippen molar-refractivity contribution in [1.82, 2.24) is 9.97 Å². The standard InChI is InChI=1S/C26H22F3N3O3S/c1-14-2-4-15(5-3-14)16-10-19-20(13-31-26(19)30-12-16)25(33)23-21(28)8-9-22(24(23)29)32-36(34,35)18-7-6-17(27)11-18/h2-5,8-10,12-13,17-18,32H,6-7,11H2,1H3,(H,30,31)/t17-,18?/m1/s1. The predicted molar refractivity (Wildman–Crippen MR) is 131 cm³/mol. The van der Waals surface area contributed by atoms with Crippen LogP contribution < -0.4 is 4.72 Å². The smallest absolute Gasteiger partial charge is 0.235 e. The first kappa shape index (κ1) is 24.1. The van der Waals surface area contributed by atoms with Gasteiger partial charge in [0.2, 0.25) is 15.8 Å². The highest BCUT2D eigenvalue weighted by Crippen LogP contribution is 2.32. The Hall–Kier alpha value is -3.66. The summed E-state index contributed by atoms with van der Waals surface area (Å²) in [6, 6.07) is 11.1. The molecular weight excluding hydrogens is 491 g/mol. The van der Waals surface area contributed by atoms with Crippen LogP contribution in [0, 0.1) is 18.6 Å². The number of aromatic nitrogens is 2. The van der Waals surface area contributed by atoms with Gasteiger partial charge in [0, 0.05) is 28.9 Å². The first-order valence-electron chi connectivity index (χ1n) is 11.4. The molecular formula is C26H22F3N3O3S. The summed E-state index contributed by atoms with van der Waals surface area (Å²) >= 11 is 0. The number of halogens is 3. The van der Waals surface area contributed by atoms with Crippen LogP contribution in [0.3, 0.4) is 0 Å². The number of hydrogen-bond acceptors (Lipinski definition) is 4. The number of carbonyl (C=O) groups excluding carboxylic acids is 1. The Morgan fingerprint density at radius 1 is 1.08 bits per heavy atom. The molecule has 5 rings (SSSR count). The minimum absolute atomic E-state index is 0.0136. The van der Waals surface area contributed by atoms with E-state index >= 15 is 4.39 Å². The van der Waals surface area contributed by atoms with E-state index in [9.17, 15) is 22.0 Å². The number of benzene rings is 2. The number of H-pyrrole nitrogens is 1. The maximum atomic E-state index is 15.4. The summed E-state index contributed by atoms with van der Waals surface area (Å²) < 4.78 is 70.9. The fourth-order valence-corrected chi connectivity index (χ4v) is 6.01. The molecule has 6 nitrogen and oxygen atoms in total. The van der Waals surface area contributed by atoms with Crippen molar-refractivity contribution >= 4 is 32.5 Å². The molecule has 1 saturated carbocycles. The number of ketones is 1. The van der Waals surface area contributed by atoms with Gasteiger partial charge < -0.3 is 4.98 Å². The lowest BCUT2D eigenvalue weighted by Gasteiger charge is -2.15. The van der Waals surface area contributed by atoms with E-state index in [2.05, 4.69) is 14.7 Å². The first-order chi connectivity index (χ1) is 17.1. The highest BCUT2D eigenvalue weighted by Gasteiger charge is 2.35. The average Bonchev–Trinajstić information content (AvgIpc) is 3.48. The molecule has 186 valence electrons. The molecule has 4 aromatic rings. The highest BCUT2D eigenvalue weighted by molar-refractivity contribution is 7.93. The van der Waals surface area contributed by atoms with Crippen LogP contribution in [0.2, 0.25) is 0 Å². The maximum absolute atomic E-state index is 15.4. The molecule has 1 aliphatic rings. The van der Waals surface area contributed by atoms with Gasteiger partial charge in [-0.25, -0.2) is 26.6 Å². The molecule has 36 heavy (non-hydrogen) atoms. The third-order valence-corrected chi connectivity index (χ3v) is 8.30. The number of nitrogens with zero attached hydrogens (tertiary/aromatic N) is 1. The van der Waals surface area contributed by atoms with E-state index in [0.29, 0.717) is 16.6 Å². The van der Waals surface area contributed by atoms with Crippen molar-refractivity contribution in [2.24, 2.45) is 0 Å². The van der Waals surface area contributed by atoms with Gasteiger partial charge in [0.1, 0.15) is 17.6 Å². The van der Waals surface area contributed by atoms with Crippen LogP contribution in [-0.2, 0) is 10.0 Å². The van der Waals surface area contributed by atoms with Crippen molar-refractivity contribution in [2.75, 3.05) is 4.72 Å². The largest absolute Gasteiger partial charge is 0.345 e. The molecule has 1 fully saturated rings. The Morgan fingerprint density at radius 2 is 1.83 bits per heavy atom. The normalized spacial score (nSPS) is 18.0. The number of carbonyl (C=O) groups is 1. The molecule has 0 amide bonds. The SMILES string of the molecule is Cc1ccc(-c2cnc3[nH]cc(C(=O)c4c(F)ccc(NS(=O)(=O)C5CC[C@@H](F)C5)c4F)c3c2)cc1. The monoisotopic (exact) mass is 513 g/mol. The van der Waals surface area contributed by atoms with Gasteiger partial charge in [0.05, 0.1) is 16.5 Å². The second-order valence-corrected chi connectivity index (χ2v) is 10.9. The van der Waals surface area contributed by atoms with E-state index in [1.165, 1.54) is 6.20 Å². The summed E-state index contributed by atoms with van der Waals surface area (Å²) in [6.07, 6.45) is 1.68. The number of anilines is 1. The summed E-state index contributed by atoms with van der Waals surface area (Å²) in [5.74, 6) is -3.44. The number of sulfonamides is 1. The Balaban J connectivity index is 1.52. The van der Waals surface area contributed by atoms with Gasteiger partial charge in [-0.3, -0.25) is 9.52 Å². The lowest BCUT2D eigenvalue weighted by Crippen LogP contribution is -2.26. The number of aromatic amines is 1. The van der Waals surface area contributed by atoms with Crippen LogP contribution in [-0.4, -0.2) is 35.6 Å². The summed E-state index contributed by atoms with van der Waals surface area (Å²) in [5.41, 5.74) is 1.51. The maximum Gasteiger partial charge on any atom is 0.235 e. The van der Waals surface area contributed by atoms with E-state index < -0.39 is 50.1 Å². The number of fused-ring (bicyclic) bond motifs is 1. The Bertz CT molecular complexity index is 1580. The topological polar surface area (TPSA) is 91.9 Å². The summed E-state index contributed by atoms with van der Waals surface area (Å²) in [6.45, 7) is 1.96. The van der Waals surface area contributed by atoms with Crippen LogP contribution in [0.15, 0.2) is 54.9 Å². The molecule has 2 heterocycles. The van der Waals surface area contributed by atoms with Crippen molar-refractivity contribution in [2.45, 2.75) is 37.6 Å². The first-order valence-corrected chi connectivity index (χ1v) is 12.9. The van der Waals surface area contributed by atoms with Crippen LogP contribution >= 0.6 is 0 Å². The van der Waals surface area contributed by atoms with Crippen LogP contribution in [0.4, 0.5) is 18.9 Å². The van der Waals surface area contributed by atoms with Crippen LogP contribution in [0.25, 0.3) is 22.2 Å². The second-order valence-electron chi connectivity index (χ2n) is 8.98. The van der Waals surface area contributed by atoms with Crippen molar-refractivity contribution < 1.29 is 26.4 Å². The summed E-state index contributed by atoms with van der Waals surface area (Å²) in [5, 5.41) is -0.668. The van der Waals surface area contributed by atoms with Crippen LogP contribution in [0.5, 0.6) is 0 Å². The molecule has 2 atom stereocenters. The van der Waals surface area contributed by atoms with Crippen molar-refractivity contribution in [3.05, 3.63) is 83.2 Å². The number of rotatable bonds is 6. The third-order valence-electron chi connectivity index (χ3n) is 6.49. The van der Waals surface area contributed by atoms with Crippen molar-refractivity contribution in [1.29, 1.82) is 0 Å². The molecule has 10 heteroatoms. The second kappa shape index (κ2) is 9.09. The number of alkyl halides is 1. The Labute approximate surface area is 205 Å². The Kier molecular flexibility index (Phi) is 6.07. The lowest BCUT2D eigenvalue weighted by atomic mass is 9.99. The lowest BCUT2D eigenvalue weighted by molar-refractivity contribution is 0.103. The zero-order chi connectivity index (χ0) is 25.6. The minimum Gasteiger partial charge on any atom is -0.345 e. The molecule has 0 saturated heterocycles.